The molecule has 0 atom stereocenters. The third-order valence-corrected chi connectivity index (χ3v) is 3.16. The first-order chi connectivity index (χ1) is 9.56. The number of esters is 1. The first kappa shape index (κ1) is 16.4. The summed E-state index contributed by atoms with van der Waals surface area (Å²) in [6.07, 6.45) is 2.67. The molecular weight excluding hydrogens is 254 g/mol. The van der Waals surface area contributed by atoms with Crippen molar-refractivity contribution in [2.75, 3.05) is 32.1 Å². The van der Waals surface area contributed by atoms with Crippen molar-refractivity contribution < 1.29 is 9.53 Å². The lowest BCUT2D eigenvalue weighted by molar-refractivity contribution is 0.0527. The minimum Gasteiger partial charge on any atom is -0.462 e. The van der Waals surface area contributed by atoms with E-state index in [9.17, 15) is 4.79 Å². The molecular formula is C15H25N3O2. The second-order valence-corrected chi connectivity index (χ2v) is 4.97. The molecule has 0 bridgehead atoms. The van der Waals surface area contributed by atoms with Crippen LogP contribution in [0.3, 0.4) is 0 Å². The van der Waals surface area contributed by atoms with Gasteiger partial charge in [0.25, 0.3) is 0 Å². The standard InChI is InChI=1S/C15H25N3O2/c1-5-20-15(19)13-8-6-9-16-14(13)17-10-7-11-18(4)12(2)3/h6,8-9,12H,5,7,10-11H2,1-4H3,(H,16,17). The van der Waals surface area contributed by atoms with Crippen LogP contribution in [-0.2, 0) is 4.74 Å². The number of hydrogen-bond donors (Lipinski definition) is 1. The Morgan fingerprint density at radius 2 is 2.25 bits per heavy atom. The van der Waals surface area contributed by atoms with Crippen LogP contribution in [0.4, 0.5) is 5.82 Å². The van der Waals surface area contributed by atoms with Crippen LogP contribution < -0.4 is 5.32 Å². The van der Waals surface area contributed by atoms with Crippen LogP contribution >= 0.6 is 0 Å². The van der Waals surface area contributed by atoms with Crippen LogP contribution in [0.1, 0.15) is 37.6 Å². The van der Waals surface area contributed by atoms with Crippen molar-refractivity contribution in [3.8, 4) is 0 Å². The summed E-state index contributed by atoms with van der Waals surface area (Å²) < 4.78 is 5.02. The van der Waals surface area contributed by atoms with Gasteiger partial charge in [0.2, 0.25) is 0 Å². The van der Waals surface area contributed by atoms with Crippen molar-refractivity contribution in [2.45, 2.75) is 33.2 Å². The van der Waals surface area contributed by atoms with E-state index in [-0.39, 0.29) is 5.97 Å². The Morgan fingerprint density at radius 1 is 1.50 bits per heavy atom. The molecule has 1 rings (SSSR count). The number of nitrogens with one attached hydrogen (secondary N) is 1. The topological polar surface area (TPSA) is 54.5 Å². The monoisotopic (exact) mass is 279 g/mol. The molecule has 1 heterocycles. The summed E-state index contributed by atoms with van der Waals surface area (Å²) in [5.41, 5.74) is 0.492. The van der Waals surface area contributed by atoms with Crippen LogP contribution in [0.15, 0.2) is 18.3 Å². The number of ether oxygens (including phenoxy) is 1. The Balaban J connectivity index is 2.49. The normalized spacial score (nSPS) is 10.9. The molecule has 112 valence electrons. The highest BCUT2D eigenvalue weighted by atomic mass is 16.5. The van der Waals surface area contributed by atoms with Gasteiger partial charge in [0, 0.05) is 18.8 Å². The molecule has 0 spiro atoms. The Hall–Kier alpha value is -1.62. The van der Waals surface area contributed by atoms with Crippen molar-refractivity contribution in [3.63, 3.8) is 0 Å². The van der Waals surface area contributed by atoms with Crippen LogP contribution in [0.5, 0.6) is 0 Å². The number of carbonyl (C=O) groups excluding carboxylic acids is 1. The fourth-order valence-corrected chi connectivity index (χ4v) is 1.71. The van der Waals surface area contributed by atoms with Gasteiger partial charge < -0.3 is 15.0 Å². The molecule has 0 saturated heterocycles. The highest BCUT2D eigenvalue weighted by Gasteiger charge is 2.12. The molecule has 0 aromatic carbocycles. The fourth-order valence-electron chi connectivity index (χ4n) is 1.71. The van der Waals surface area contributed by atoms with E-state index < -0.39 is 0 Å². The summed E-state index contributed by atoms with van der Waals surface area (Å²) in [5.74, 6) is 0.264. The van der Waals surface area contributed by atoms with Gasteiger partial charge in [-0.2, -0.15) is 0 Å². The van der Waals surface area contributed by atoms with Crippen LogP contribution in [-0.4, -0.2) is 48.6 Å². The lowest BCUT2D eigenvalue weighted by atomic mass is 10.2. The van der Waals surface area contributed by atoms with Crippen molar-refractivity contribution in [3.05, 3.63) is 23.9 Å². The first-order valence-electron chi connectivity index (χ1n) is 7.12. The zero-order valence-corrected chi connectivity index (χ0v) is 12.8. The maximum atomic E-state index is 11.8. The van der Waals surface area contributed by atoms with Crippen molar-refractivity contribution in [1.82, 2.24) is 9.88 Å². The van der Waals surface area contributed by atoms with Crippen molar-refractivity contribution >= 4 is 11.8 Å². The van der Waals surface area contributed by atoms with Crippen LogP contribution in [0.25, 0.3) is 0 Å². The van der Waals surface area contributed by atoms with E-state index in [1.165, 1.54) is 0 Å². The second-order valence-electron chi connectivity index (χ2n) is 4.97. The quantitative estimate of drug-likeness (QED) is 0.585. The molecule has 0 aliphatic heterocycles. The smallest absolute Gasteiger partial charge is 0.341 e. The largest absolute Gasteiger partial charge is 0.462 e. The third-order valence-electron chi connectivity index (χ3n) is 3.16. The molecule has 5 heteroatoms. The maximum absolute atomic E-state index is 11.8. The highest BCUT2D eigenvalue weighted by Crippen LogP contribution is 2.12. The Morgan fingerprint density at radius 3 is 2.90 bits per heavy atom. The lowest BCUT2D eigenvalue weighted by Crippen LogP contribution is -2.28. The van der Waals surface area contributed by atoms with Gasteiger partial charge in [0.05, 0.1) is 6.61 Å². The SMILES string of the molecule is CCOC(=O)c1cccnc1NCCCN(C)C(C)C. The molecule has 1 aromatic rings. The summed E-state index contributed by atoms with van der Waals surface area (Å²) in [6.45, 7) is 8.29. The molecule has 0 saturated carbocycles. The van der Waals surface area contributed by atoms with Gasteiger partial charge in [-0.05, 0) is 52.9 Å². The second kappa shape index (κ2) is 8.53. The molecule has 20 heavy (non-hydrogen) atoms. The number of aromatic nitrogens is 1. The van der Waals surface area contributed by atoms with Crippen molar-refractivity contribution in [1.29, 1.82) is 0 Å². The lowest BCUT2D eigenvalue weighted by Gasteiger charge is -2.20. The van der Waals surface area contributed by atoms with E-state index in [2.05, 4.69) is 36.1 Å². The van der Waals surface area contributed by atoms with Crippen molar-refractivity contribution in [2.24, 2.45) is 0 Å². The van der Waals surface area contributed by atoms with E-state index >= 15 is 0 Å². The minimum absolute atomic E-state index is 0.331. The van der Waals surface area contributed by atoms with Gasteiger partial charge in [-0.25, -0.2) is 9.78 Å². The van der Waals surface area contributed by atoms with Crippen LogP contribution in [0.2, 0.25) is 0 Å². The third kappa shape index (κ3) is 5.17. The summed E-state index contributed by atoms with van der Waals surface area (Å²) in [6, 6.07) is 4.01. The Bertz CT molecular complexity index is 421. The molecule has 0 unspecified atom stereocenters. The highest BCUT2D eigenvalue weighted by molar-refractivity contribution is 5.94. The summed E-state index contributed by atoms with van der Waals surface area (Å²) in [5, 5.41) is 3.21. The number of anilines is 1. The summed E-state index contributed by atoms with van der Waals surface area (Å²) in [7, 11) is 2.11. The van der Waals surface area contributed by atoms with Gasteiger partial charge in [-0.15, -0.1) is 0 Å². The van der Waals surface area contributed by atoms with Gasteiger partial charge in [0.1, 0.15) is 11.4 Å². The van der Waals surface area contributed by atoms with E-state index in [1.54, 1.807) is 25.3 Å². The average Bonchev–Trinajstić information content (AvgIpc) is 2.43. The molecule has 0 amide bonds. The van der Waals surface area contributed by atoms with Gasteiger partial charge in [0.15, 0.2) is 0 Å². The Kier molecular flexibility index (Phi) is 7.01. The number of pyridine rings is 1. The molecule has 0 aliphatic rings. The number of hydrogen-bond acceptors (Lipinski definition) is 5. The van der Waals surface area contributed by atoms with E-state index in [1.807, 2.05) is 0 Å². The minimum atomic E-state index is -0.331. The summed E-state index contributed by atoms with van der Waals surface area (Å²) >= 11 is 0. The van der Waals surface area contributed by atoms with Gasteiger partial charge >= 0.3 is 5.97 Å². The van der Waals surface area contributed by atoms with E-state index in [0.29, 0.717) is 24.0 Å². The van der Waals surface area contributed by atoms with Gasteiger partial charge in [-0.3, -0.25) is 0 Å². The van der Waals surface area contributed by atoms with E-state index in [4.69, 9.17) is 4.74 Å². The number of nitrogens with zero attached hydrogens (tertiary/aromatic N) is 2. The van der Waals surface area contributed by atoms with E-state index in [0.717, 1.165) is 19.5 Å². The molecule has 1 N–H and O–H groups in total. The molecule has 1 aromatic heterocycles. The summed E-state index contributed by atoms with van der Waals surface area (Å²) in [4.78, 5) is 18.3. The fraction of sp³-hybridized carbons (Fsp3) is 0.600. The molecule has 0 aliphatic carbocycles. The molecule has 5 nitrogen and oxygen atoms in total. The average molecular weight is 279 g/mol. The van der Waals surface area contributed by atoms with Crippen LogP contribution in [0, 0.1) is 0 Å². The molecule has 0 fully saturated rings. The zero-order chi connectivity index (χ0) is 15.0. The number of rotatable bonds is 8. The number of carbonyl (C=O) groups is 1. The predicted octanol–water partition coefficient (Wildman–Crippen LogP) is 2.40. The zero-order valence-electron chi connectivity index (χ0n) is 12.8. The predicted molar refractivity (Wildman–Crippen MR) is 81.1 cm³/mol. The van der Waals surface area contributed by atoms with Gasteiger partial charge in [-0.1, -0.05) is 0 Å². The molecule has 0 radical (unpaired) electrons. The Labute approximate surface area is 121 Å². The first-order valence-corrected chi connectivity index (χ1v) is 7.12. The maximum Gasteiger partial charge on any atom is 0.341 e.